The van der Waals surface area contributed by atoms with Crippen LogP contribution in [0.4, 0.5) is 4.39 Å². The van der Waals surface area contributed by atoms with Crippen LogP contribution >= 0.6 is 12.6 Å². The highest BCUT2D eigenvalue weighted by Gasteiger charge is 2.23. The molecule has 0 amide bonds. The second-order valence-electron chi connectivity index (χ2n) is 5.18. The van der Waals surface area contributed by atoms with Gasteiger partial charge in [0, 0.05) is 22.2 Å². The van der Waals surface area contributed by atoms with E-state index in [4.69, 9.17) is 4.74 Å². The fourth-order valence-electron chi connectivity index (χ4n) is 2.55. The zero-order valence-electron chi connectivity index (χ0n) is 13.8. The van der Waals surface area contributed by atoms with Gasteiger partial charge < -0.3 is 4.74 Å². The lowest BCUT2D eigenvalue weighted by Crippen LogP contribution is -2.04. The minimum atomic E-state index is -0.382. The van der Waals surface area contributed by atoms with Crippen LogP contribution in [0.1, 0.15) is 12.5 Å². The Morgan fingerprint density at radius 3 is 2.52 bits per heavy atom. The predicted octanol–water partition coefficient (Wildman–Crippen LogP) is 4.64. The molecule has 0 bridgehead atoms. The number of ether oxygens (including phenoxy) is 1. The summed E-state index contributed by atoms with van der Waals surface area (Å²) in [5.41, 5.74) is 2.64. The lowest BCUT2D eigenvalue weighted by atomic mass is 9.98. The molecule has 0 saturated heterocycles. The first kappa shape index (κ1) is 17.1. The number of hydrogen-bond acceptors (Lipinski definition) is 5. The van der Waals surface area contributed by atoms with E-state index >= 15 is 0 Å². The van der Waals surface area contributed by atoms with Gasteiger partial charge in [0.2, 0.25) is 5.88 Å². The van der Waals surface area contributed by atoms with E-state index in [9.17, 15) is 4.39 Å². The topological polar surface area (TPSA) is 47.9 Å². The van der Waals surface area contributed by atoms with Gasteiger partial charge in [0.05, 0.1) is 18.4 Å². The van der Waals surface area contributed by atoms with E-state index in [0.717, 1.165) is 0 Å². The standard InChI is InChI=1S/C19H16FN3OS/c1-3-15(25)17-16(14-10-6-7-11-21-14)19(24-2)23-22-18(17)12-8-4-5-9-13(12)20/h3-11,25H,1-2H3/b15-3-. The molecule has 3 aromatic rings. The van der Waals surface area contributed by atoms with E-state index < -0.39 is 0 Å². The zero-order chi connectivity index (χ0) is 17.8. The van der Waals surface area contributed by atoms with Crippen LogP contribution in [-0.2, 0) is 0 Å². The Balaban J connectivity index is 2.41. The maximum Gasteiger partial charge on any atom is 0.243 e. The maximum atomic E-state index is 14.4. The van der Waals surface area contributed by atoms with E-state index in [1.165, 1.54) is 13.2 Å². The highest BCUT2D eigenvalue weighted by Crippen LogP contribution is 2.41. The van der Waals surface area contributed by atoms with Crippen LogP contribution in [0.3, 0.4) is 0 Å². The first-order valence-corrected chi connectivity index (χ1v) is 8.08. The molecule has 126 valence electrons. The van der Waals surface area contributed by atoms with Gasteiger partial charge in [0.15, 0.2) is 0 Å². The number of thiol groups is 1. The second kappa shape index (κ2) is 7.44. The third-order valence-corrected chi connectivity index (χ3v) is 4.20. The van der Waals surface area contributed by atoms with Crippen LogP contribution in [0.5, 0.6) is 5.88 Å². The quantitative estimate of drug-likeness (QED) is 0.694. The number of hydrogen-bond donors (Lipinski definition) is 1. The summed E-state index contributed by atoms with van der Waals surface area (Å²) in [5, 5.41) is 8.33. The van der Waals surface area contributed by atoms with Crippen LogP contribution in [-0.4, -0.2) is 22.3 Å². The highest BCUT2D eigenvalue weighted by atomic mass is 32.1. The van der Waals surface area contributed by atoms with Crippen molar-refractivity contribution < 1.29 is 9.13 Å². The number of aromatic nitrogens is 3. The molecule has 0 saturated carbocycles. The van der Waals surface area contributed by atoms with Crippen molar-refractivity contribution in [3.8, 4) is 28.4 Å². The van der Waals surface area contributed by atoms with Gasteiger partial charge in [0.25, 0.3) is 0 Å². The predicted molar refractivity (Wildman–Crippen MR) is 99.8 cm³/mol. The number of nitrogens with zero attached hydrogens (tertiary/aromatic N) is 3. The maximum absolute atomic E-state index is 14.4. The van der Waals surface area contributed by atoms with Crippen molar-refractivity contribution in [3.63, 3.8) is 0 Å². The highest BCUT2D eigenvalue weighted by molar-refractivity contribution is 7.90. The Kier molecular flexibility index (Phi) is 5.09. The Morgan fingerprint density at radius 1 is 1.12 bits per heavy atom. The van der Waals surface area contributed by atoms with Gasteiger partial charge in [-0.25, -0.2) is 4.39 Å². The fraction of sp³-hybridized carbons (Fsp3) is 0.105. The Morgan fingerprint density at radius 2 is 1.88 bits per heavy atom. The number of pyridine rings is 1. The van der Waals surface area contributed by atoms with E-state index in [1.807, 2.05) is 31.2 Å². The van der Waals surface area contributed by atoms with Gasteiger partial charge in [-0.05, 0) is 31.2 Å². The molecule has 0 atom stereocenters. The molecule has 3 rings (SSSR count). The van der Waals surface area contributed by atoms with Gasteiger partial charge >= 0.3 is 0 Å². The normalized spacial score (nSPS) is 11.4. The van der Waals surface area contributed by atoms with Crippen LogP contribution in [0.15, 0.2) is 54.7 Å². The van der Waals surface area contributed by atoms with E-state index in [1.54, 1.807) is 24.4 Å². The fourth-order valence-corrected chi connectivity index (χ4v) is 2.77. The van der Waals surface area contributed by atoms with Crippen LogP contribution < -0.4 is 4.74 Å². The van der Waals surface area contributed by atoms with Crippen molar-refractivity contribution >= 4 is 17.5 Å². The molecule has 1 aromatic carbocycles. The van der Waals surface area contributed by atoms with Gasteiger partial charge in [0.1, 0.15) is 11.5 Å². The van der Waals surface area contributed by atoms with E-state index in [2.05, 4.69) is 27.8 Å². The third kappa shape index (κ3) is 3.25. The molecule has 0 unspecified atom stereocenters. The molecule has 0 fully saturated rings. The molecule has 0 aliphatic rings. The summed E-state index contributed by atoms with van der Waals surface area (Å²) in [5.74, 6) is -0.0744. The number of rotatable bonds is 4. The van der Waals surface area contributed by atoms with E-state index in [-0.39, 0.29) is 5.82 Å². The smallest absolute Gasteiger partial charge is 0.243 e. The van der Waals surface area contributed by atoms with Crippen molar-refractivity contribution in [2.45, 2.75) is 6.92 Å². The van der Waals surface area contributed by atoms with Gasteiger partial charge in [-0.3, -0.25) is 4.98 Å². The number of benzene rings is 1. The molecule has 4 nitrogen and oxygen atoms in total. The minimum Gasteiger partial charge on any atom is -0.479 e. The van der Waals surface area contributed by atoms with Crippen molar-refractivity contribution in [1.29, 1.82) is 0 Å². The average Bonchev–Trinajstić information content (AvgIpc) is 2.67. The molecular formula is C19H16FN3OS. The molecule has 25 heavy (non-hydrogen) atoms. The average molecular weight is 353 g/mol. The molecule has 0 radical (unpaired) electrons. The largest absolute Gasteiger partial charge is 0.479 e. The van der Waals surface area contributed by atoms with Crippen LogP contribution in [0.2, 0.25) is 0 Å². The summed E-state index contributed by atoms with van der Waals surface area (Å²) in [4.78, 5) is 5.02. The number of methoxy groups -OCH3 is 1. The summed E-state index contributed by atoms with van der Waals surface area (Å²) >= 11 is 4.57. The van der Waals surface area contributed by atoms with Gasteiger partial charge in [-0.15, -0.1) is 22.8 Å². The summed E-state index contributed by atoms with van der Waals surface area (Å²) in [6, 6.07) is 12.0. The van der Waals surface area contributed by atoms with Crippen LogP contribution in [0, 0.1) is 5.82 Å². The molecule has 0 aliphatic heterocycles. The van der Waals surface area contributed by atoms with Gasteiger partial charge in [-0.2, -0.15) is 0 Å². The Bertz CT molecular complexity index is 929. The summed E-state index contributed by atoms with van der Waals surface area (Å²) in [7, 11) is 1.51. The summed E-state index contributed by atoms with van der Waals surface area (Å²) in [6.45, 7) is 1.85. The van der Waals surface area contributed by atoms with Crippen molar-refractivity contribution in [2.75, 3.05) is 7.11 Å². The second-order valence-corrected chi connectivity index (χ2v) is 5.66. The Labute approximate surface area is 150 Å². The van der Waals surface area contributed by atoms with Gasteiger partial charge in [-0.1, -0.05) is 24.3 Å². The lowest BCUT2D eigenvalue weighted by Gasteiger charge is -2.16. The van der Waals surface area contributed by atoms with Crippen molar-refractivity contribution in [2.24, 2.45) is 0 Å². The third-order valence-electron chi connectivity index (χ3n) is 3.71. The Hall–Kier alpha value is -2.73. The number of allylic oxidation sites excluding steroid dienone is 1. The monoisotopic (exact) mass is 353 g/mol. The zero-order valence-corrected chi connectivity index (χ0v) is 14.7. The number of halogens is 1. The summed E-state index contributed by atoms with van der Waals surface area (Å²) < 4.78 is 19.8. The first-order valence-electron chi connectivity index (χ1n) is 7.64. The summed E-state index contributed by atoms with van der Waals surface area (Å²) in [6.07, 6.45) is 3.49. The molecular weight excluding hydrogens is 337 g/mol. The molecule has 2 heterocycles. The lowest BCUT2D eigenvalue weighted by molar-refractivity contribution is 0.394. The molecule has 0 aliphatic carbocycles. The molecule has 0 spiro atoms. The van der Waals surface area contributed by atoms with Crippen molar-refractivity contribution in [3.05, 3.63) is 66.1 Å². The SMILES string of the molecule is C/C=C(\S)c1c(-c2ccccc2F)nnc(OC)c1-c1ccccn1. The minimum absolute atomic E-state index is 0.308. The molecule has 2 aromatic heterocycles. The van der Waals surface area contributed by atoms with Crippen molar-refractivity contribution in [1.82, 2.24) is 15.2 Å². The molecule has 6 heteroatoms. The van der Waals surface area contributed by atoms with Crippen LogP contribution in [0.25, 0.3) is 27.4 Å². The molecule has 0 N–H and O–H groups in total. The van der Waals surface area contributed by atoms with E-state index in [0.29, 0.717) is 38.9 Å². The first-order chi connectivity index (χ1) is 12.2.